The van der Waals surface area contributed by atoms with Crippen molar-refractivity contribution in [2.24, 2.45) is 0 Å². The van der Waals surface area contributed by atoms with Gasteiger partial charge in [-0.15, -0.1) is 0 Å². The lowest BCUT2D eigenvalue weighted by Crippen LogP contribution is -2.27. The Morgan fingerprint density at radius 3 is 1.33 bits per heavy atom. The molecular formula is C26H28N2O8. The molecule has 36 heavy (non-hydrogen) atoms. The molecule has 0 spiro atoms. The van der Waals surface area contributed by atoms with E-state index >= 15 is 0 Å². The number of methoxy groups -OCH3 is 2. The molecule has 2 aromatic heterocycles. The fraction of sp³-hybridized carbons (Fsp3) is 0.308. The molecule has 0 saturated heterocycles. The number of amides is 2. The van der Waals surface area contributed by atoms with E-state index in [1.807, 2.05) is 0 Å². The summed E-state index contributed by atoms with van der Waals surface area (Å²) in [5.74, 6) is 0.142. The quantitative estimate of drug-likeness (QED) is 0.434. The van der Waals surface area contributed by atoms with Crippen LogP contribution in [0.25, 0.3) is 0 Å². The molecule has 0 N–H and O–H groups in total. The number of furan rings is 2. The normalized spacial score (nSPS) is 10.6. The zero-order valence-corrected chi connectivity index (χ0v) is 21.0. The zero-order valence-electron chi connectivity index (χ0n) is 21.0. The molecule has 1 aromatic carbocycles. The maximum absolute atomic E-state index is 12.8. The van der Waals surface area contributed by atoms with Gasteiger partial charge in [0, 0.05) is 25.2 Å². The van der Waals surface area contributed by atoms with E-state index in [1.54, 1.807) is 64.3 Å². The van der Waals surface area contributed by atoms with Gasteiger partial charge in [0.1, 0.15) is 34.2 Å². The van der Waals surface area contributed by atoms with Crippen molar-refractivity contribution < 1.29 is 37.5 Å². The molecule has 0 fully saturated rings. The van der Waals surface area contributed by atoms with E-state index in [4.69, 9.17) is 18.3 Å². The first-order valence-corrected chi connectivity index (χ1v) is 11.0. The zero-order chi connectivity index (χ0) is 26.6. The predicted molar refractivity (Wildman–Crippen MR) is 128 cm³/mol. The Morgan fingerprint density at radius 1 is 0.694 bits per heavy atom. The SMILES string of the molecule is COC(=O)c1cc(CN(C)C(=O)c2ccc(C(=O)N(C)Cc3cc(C(=O)OC)c(C)o3)cc2)oc1C. The predicted octanol–water partition coefficient (Wildman–Crippen LogP) is 3.61. The minimum absolute atomic E-state index is 0.149. The molecule has 2 amide bonds. The molecule has 2 heterocycles. The lowest BCUT2D eigenvalue weighted by molar-refractivity contribution is 0.0589. The number of benzene rings is 1. The standard InChI is InChI=1S/C26H28N2O8/c1-15-21(25(31)33-5)11-19(35-15)13-27(3)23(29)17-7-9-18(10-8-17)24(30)28(4)14-20-12-22(16(2)36-20)26(32)34-6/h7-12H,13-14H2,1-6H3. The third kappa shape index (κ3) is 5.65. The average Bonchev–Trinajstić information content (AvgIpc) is 3.43. The molecular weight excluding hydrogens is 468 g/mol. The van der Waals surface area contributed by atoms with Gasteiger partial charge in [-0.3, -0.25) is 9.59 Å². The molecule has 0 radical (unpaired) electrons. The number of esters is 2. The Morgan fingerprint density at radius 2 is 1.03 bits per heavy atom. The first-order chi connectivity index (χ1) is 17.0. The number of carbonyl (C=O) groups is 4. The molecule has 10 heteroatoms. The molecule has 0 atom stereocenters. The molecule has 0 saturated carbocycles. The van der Waals surface area contributed by atoms with Crippen LogP contribution in [0.5, 0.6) is 0 Å². The van der Waals surface area contributed by atoms with Crippen molar-refractivity contribution >= 4 is 23.8 Å². The Kier molecular flexibility index (Phi) is 7.98. The summed E-state index contributed by atoms with van der Waals surface area (Å²) in [6.07, 6.45) is 0. The second kappa shape index (κ2) is 10.9. The molecule has 3 rings (SSSR count). The largest absolute Gasteiger partial charge is 0.465 e. The summed E-state index contributed by atoms with van der Waals surface area (Å²) in [6, 6.07) is 9.38. The van der Waals surface area contributed by atoms with Crippen LogP contribution < -0.4 is 0 Å². The summed E-state index contributed by atoms with van der Waals surface area (Å²) >= 11 is 0. The third-order valence-electron chi connectivity index (χ3n) is 5.61. The van der Waals surface area contributed by atoms with E-state index in [2.05, 4.69) is 0 Å². The van der Waals surface area contributed by atoms with Crippen LogP contribution in [0.2, 0.25) is 0 Å². The Hall–Kier alpha value is -4.34. The van der Waals surface area contributed by atoms with Gasteiger partial charge in [-0.25, -0.2) is 9.59 Å². The minimum Gasteiger partial charge on any atom is -0.465 e. The Balaban J connectivity index is 1.64. The van der Waals surface area contributed by atoms with E-state index in [0.717, 1.165) is 0 Å². The van der Waals surface area contributed by atoms with Crippen LogP contribution in [0, 0.1) is 13.8 Å². The fourth-order valence-electron chi connectivity index (χ4n) is 3.68. The van der Waals surface area contributed by atoms with Crippen LogP contribution in [-0.4, -0.2) is 61.9 Å². The van der Waals surface area contributed by atoms with Crippen LogP contribution in [-0.2, 0) is 22.6 Å². The van der Waals surface area contributed by atoms with Gasteiger partial charge in [0.2, 0.25) is 0 Å². The van der Waals surface area contributed by atoms with Crippen LogP contribution in [0.15, 0.2) is 45.2 Å². The highest BCUT2D eigenvalue weighted by Gasteiger charge is 2.21. The van der Waals surface area contributed by atoms with Crippen molar-refractivity contribution in [3.63, 3.8) is 0 Å². The van der Waals surface area contributed by atoms with Gasteiger partial charge in [0.15, 0.2) is 0 Å². The van der Waals surface area contributed by atoms with Gasteiger partial charge >= 0.3 is 11.9 Å². The van der Waals surface area contributed by atoms with Gasteiger partial charge in [0.05, 0.1) is 27.3 Å². The highest BCUT2D eigenvalue weighted by atomic mass is 16.5. The van der Waals surface area contributed by atoms with Gasteiger partial charge in [-0.1, -0.05) is 0 Å². The maximum atomic E-state index is 12.8. The lowest BCUT2D eigenvalue weighted by Gasteiger charge is -2.17. The molecule has 3 aromatic rings. The molecule has 0 aliphatic rings. The highest BCUT2D eigenvalue weighted by molar-refractivity contribution is 5.98. The highest BCUT2D eigenvalue weighted by Crippen LogP contribution is 2.20. The van der Waals surface area contributed by atoms with Crippen LogP contribution in [0.4, 0.5) is 0 Å². The molecule has 0 unspecified atom stereocenters. The first kappa shape index (κ1) is 26.3. The smallest absolute Gasteiger partial charge is 0.341 e. The summed E-state index contributed by atoms with van der Waals surface area (Å²) in [6.45, 7) is 3.59. The van der Waals surface area contributed by atoms with Gasteiger partial charge in [-0.2, -0.15) is 0 Å². The Labute approximate surface area is 208 Å². The lowest BCUT2D eigenvalue weighted by atomic mass is 10.1. The number of carbonyl (C=O) groups excluding carboxylic acids is 4. The van der Waals surface area contributed by atoms with Crippen molar-refractivity contribution in [2.75, 3.05) is 28.3 Å². The monoisotopic (exact) mass is 496 g/mol. The van der Waals surface area contributed by atoms with Crippen LogP contribution in [0.1, 0.15) is 64.5 Å². The van der Waals surface area contributed by atoms with Crippen LogP contribution >= 0.6 is 0 Å². The topological polar surface area (TPSA) is 120 Å². The number of hydrogen-bond acceptors (Lipinski definition) is 8. The van der Waals surface area contributed by atoms with Gasteiger partial charge in [-0.05, 0) is 50.2 Å². The Bertz CT molecular complexity index is 1190. The summed E-state index contributed by atoms with van der Waals surface area (Å²) in [5.41, 5.74) is 1.40. The molecule has 0 aliphatic heterocycles. The van der Waals surface area contributed by atoms with Crippen molar-refractivity contribution in [1.82, 2.24) is 9.80 Å². The number of aryl methyl sites for hydroxylation is 2. The fourth-order valence-corrected chi connectivity index (χ4v) is 3.68. The number of ether oxygens (including phenoxy) is 2. The summed E-state index contributed by atoms with van der Waals surface area (Å²) < 4.78 is 20.6. The van der Waals surface area contributed by atoms with Crippen molar-refractivity contribution in [3.8, 4) is 0 Å². The van der Waals surface area contributed by atoms with E-state index in [1.165, 1.54) is 24.0 Å². The van der Waals surface area contributed by atoms with Crippen molar-refractivity contribution in [1.29, 1.82) is 0 Å². The molecule has 190 valence electrons. The molecule has 0 bridgehead atoms. The van der Waals surface area contributed by atoms with Gasteiger partial charge < -0.3 is 28.1 Å². The molecule has 10 nitrogen and oxygen atoms in total. The summed E-state index contributed by atoms with van der Waals surface area (Å²) in [4.78, 5) is 52.1. The maximum Gasteiger partial charge on any atom is 0.341 e. The van der Waals surface area contributed by atoms with Gasteiger partial charge in [0.25, 0.3) is 11.8 Å². The number of rotatable bonds is 8. The summed E-state index contributed by atoms with van der Waals surface area (Å²) in [7, 11) is 5.79. The van der Waals surface area contributed by atoms with Crippen molar-refractivity contribution in [3.05, 3.63) is 81.7 Å². The second-order valence-corrected chi connectivity index (χ2v) is 8.25. The second-order valence-electron chi connectivity index (χ2n) is 8.25. The van der Waals surface area contributed by atoms with E-state index in [9.17, 15) is 19.2 Å². The van der Waals surface area contributed by atoms with Crippen LogP contribution in [0.3, 0.4) is 0 Å². The number of hydrogen-bond donors (Lipinski definition) is 0. The average molecular weight is 497 g/mol. The summed E-state index contributed by atoms with van der Waals surface area (Å²) in [5, 5.41) is 0. The van der Waals surface area contributed by atoms with E-state index < -0.39 is 11.9 Å². The molecule has 0 aliphatic carbocycles. The van der Waals surface area contributed by atoms with E-state index in [-0.39, 0.29) is 24.9 Å². The van der Waals surface area contributed by atoms with E-state index in [0.29, 0.717) is 45.3 Å². The minimum atomic E-state index is -0.507. The first-order valence-electron chi connectivity index (χ1n) is 11.0. The van der Waals surface area contributed by atoms with Crippen molar-refractivity contribution in [2.45, 2.75) is 26.9 Å². The third-order valence-corrected chi connectivity index (χ3v) is 5.61. The number of nitrogens with zero attached hydrogens (tertiary/aromatic N) is 2.